The van der Waals surface area contributed by atoms with Crippen LogP contribution < -0.4 is 10.2 Å². The molecule has 0 aromatic heterocycles. The molecular weight excluding hydrogens is 464 g/mol. The molecule has 4 rings (SSSR count). The maximum absolute atomic E-state index is 13.9. The molecule has 2 aromatic carbocycles. The van der Waals surface area contributed by atoms with E-state index in [-0.39, 0.29) is 17.4 Å². The maximum Gasteiger partial charge on any atom is 0.417 e. The normalized spacial score (nSPS) is 22.0. The fourth-order valence-electron chi connectivity index (χ4n) is 5.19. The van der Waals surface area contributed by atoms with E-state index in [2.05, 4.69) is 5.32 Å². The summed E-state index contributed by atoms with van der Waals surface area (Å²) in [6.07, 6.45) is -4.03. The molecule has 0 radical (unpaired) electrons. The number of alkyl halides is 3. The fourth-order valence-corrected chi connectivity index (χ4v) is 5.19. The van der Waals surface area contributed by atoms with E-state index < -0.39 is 23.1 Å². The van der Waals surface area contributed by atoms with Crippen molar-refractivity contribution in [2.24, 2.45) is 11.3 Å². The number of nitrogens with one attached hydrogen (secondary N) is 1. The number of likely N-dealkylation sites (tertiary alicyclic amines) is 1. The van der Waals surface area contributed by atoms with E-state index in [1.54, 1.807) is 31.1 Å². The highest BCUT2D eigenvalue weighted by Gasteiger charge is 2.50. The summed E-state index contributed by atoms with van der Waals surface area (Å²) < 4.78 is 59.9. The van der Waals surface area contributed by atoms with Crippen molar-refractivity contribution in [3.05, 3.63) is 58.9 Å². The van der Waals surface area contributed by atoms with Crippen molar-refractivity contribution in [2.75, 3.05) is 50.1 Å². The molecule has 2 fully saturated rings. The maximum atomic E-state index is 13.9. The molecule has 2 aromatic rings. The second kappa shape index (κ2) is 9.38. The molecule has 0 aliphatic carbocycles. The Morgan fingerprint density at radius 2 is 2.06 bits per heavy atom. The third-order valence-electron chi connectivity index (χ3n) is 7.16. The SMILES string of the molecule is COCC12CCN(C(=O)Nc3cccc(F)c3C)CC1CN(c1ccc(C#N)c(C(F)(F)F)c1)C2. The third kappa shape index (κ3) is 4.78. The monoisotopic (exact) mass is 490 g/mol. The molecular formula is C25H26F4N4O2. The Labute approximate surface area is 201 Å². The number of anilines is 2. The summed E-state index contributed by atoms with van der Waals surface area (Å²) in [5, 5.41) is 11.9. The van der Waals surface area contributed by atoms with Crippen LogP contribution in [-0.2, 0) is 10.9 Å². The van der Waals surface area contributed by atoms with Crippen LogP contribution in [0.4, 0.5) is 33.7 Å². The summed E-state index contributed by atoms with van der Waals surface area (Å²) in [6, 6.07) is 9.50. The van der Waals surface area contributed by atoms with E-state index in [0.29, 0.717) is 56.1 Å². The number of halogens is 4. The first-order chi connectivity index (χ1) is 16.6. The predicted octanol–water partition coefficient (Wildman–Crippen LogP) is 5.03. The van der Waals surface area contributed by atoms with Crippen LogP contribution in [0.1, 0.15) is 23.1 Å². The van der Waals surface area contributed by atoms with Gasteiger partial charge in [0.25, 0.3) is 0 Å². The number of nitrogens with zero attached hydrogens (tertiary/aromatic N) is 3. The molecule has 2 amide bonds. The van der Waals surface area contributed by atoms with E-state index in [9.17, 15) is 22.4 Å². The van der Waals surface area contributed by atoms with Crippen molar-refractivity contribution in [2.45, 2.75) is 19.5 Å². The van der Waals surface area contributed by atoms with Crippen molar-refractivity contribution in [1.29, 1.82) is 5.26 Å². The fraction of sp³-hybridized carbons (Fsp3) is 0.440. The van der Waals surface area contributed by atoms with Gasteiger partial charge in [-0.2, -0.15) is 18.4 Å². The van der Waals surface area contributed by atoms with Crippen LogP contribution in [0.2, 0.25) is 0 Å². The number of hydrogen-bond acceptors (Lipinski definition) is 4. The molecule has 2 unspecified atom stereocenters. The lowest BCUT2D eigenvalue weighted by atomic mass is 9.73. The molecule has 2 aliphatic heterocycles. The van der Waals surface area contributed by atoms with Crippen molar-refractivity contribution < 1.29 is 27.1 Å². The van der Waals surface area contributed by atoms with E-state index in [0.717, 1.165) is 6.07 Å². The van der Waals surface area contributed by atoms with Gasteiger partial charge in [-0.05, 0) is 43.7 Å². The lowest BCUT2D eigenvalue weighted by Gasteiger charge is -2.42. The molecule has 2 saturated heterocycles. The quantitative estimate of drug-likeness (QED) is 0.611. The minimum atomic E-state index is -4.64. The minimum absolute atomic E-state index is 0.0412. The second-order valence-electron chi connectivity index (χ2n) is 9.25. The molecule has 0 bridgehead atoms. The molecule has 1 N–H and O–H groups in total. The average molecular weight is 491 g/mol. The van der Waals surface area contributed by atoms with Crippen LogP contribution in [0.3, 0.4) is 0 Å². The van der Waals surface area contributed by atoms with Gasteiger partial charge >= 0.3 is 12.2 Å². The minimum Gasteiger partial charge on any atom is -0.384 e. The summed E-state index contributed by atoms with van der Waals surface area (Å²) in [5.74, 6) is -0.451. The molecule has 6 nitrogen and oxygen atoms in total. The molecule has 35 heavy (non-hydrogen) atoms. The van der Waals surface area contributed by atoms with Crippen molar-refractivity contribution >= 4 is 17.4 Å². The highest BCUT2D eigenvalue weighted by atomic mass is 19.4. The van der Waals surface area contributed by atoms with Crippen LogP contribution in [0.25, 0.3) is 0 Å². The van der Waals surface area contributed by atoms with Crippen molar-refractivity contribution in [1.82, 2.24) is 4.90 Å². The van der Waals surface area contributed by atoms with Gasteiger partial charge in [0.05, 0.1) is 23.8 Å². The lowest BCUT2D eigenvalue weighted by Crippen LogP contribution is -2.51. The van der Waals surface area contributed by atoms with Crippen LogP contribution in [-0.4, -0.2) is 50.8 Å². The Balaban J connectivity index is 1.54. The Morgan fingerprint density at radius 1 is 1.29 bits per heavy atom. The summed E-state index contributed by atoms with van der Waals surface area (Å²) in [4.78, 5) is 16.5. The van der Waals surface area contributed by atoms with Crippen LogP contribution in [0.15, 0.2) is 36.4 Å². The number of amides is 2. The zero-order chi connectivity index (χ0) is 25.4. The molecule has 186 valence electrons. The highest BCUT2D eigenvalue weighted by molar-refractivity contribution is 5.90. The Morgan fingerprint density at radius 3 is 2.74 bits per heavy atom. The molecule has 0 spiro atoms. The first kappa shape index (κ1) is 24.8. The Kier molecular flexibility index (Phi) is 6.64. The summed E-state index contributed by atoms with van der Waals surface area (Å²) in [6.45, 7) is 3.75. The molecule has 2 atom stereocenters. The number of hydrogen-bond donors (Lipinski definition) is 1. The number of carbonyl (C=O) groups is 1. The van der Waals surface area contributed by atoms with Gasteiger partial charge in [0.2, 0.25) is 0 Å². The van der Waals surface area contributed by atoms with Crippen LogP contribution in [0, 0.1) is 35.4 Å². The van der Waals surface area contributed by atoms with E-state index in [1.807, 2.05) is 4.90 Å². The molecule has 10 heteroatoms. The Hall–Kier alpha value is -3.32. The predicted molar refractivity (Wildman–Crippen MR) is 123 cm³/mol. The number of fused-ring (bicyclic) bond motifs is 1. The highest BCUT2D eigenvalue weighted by Crippen LogP contribution is 2.45. The van der Waals surface area contributed by atoms with Crippen molar-refractivity contribution in [3.63, 3.8) is 0 Å². The number of nitriles is 1. The van der Waals surface area contributed by atoms with E-state index in [4.69, 9.17) is 10.00 Å². The standard InChI is InChI=1S/C25H26F4N4O2/c1-16-21(26)4-3-5-22(16)31-23(34)32-9-8-24(15-35-2)14-33(13-18(24)12-32)19-7-6-17(11-30)20(10-19)25(27,28)29/h3-7,10,18H,8-9,12-15H2,1-2H3,(H,31,34). The molecule has 0 saturated carbocycles. The van der Waals surface area contributed by atoms with Crippen LogP contribution in [0.5, 0.6) is 0 Å². The lowest BCUT2D eigenvalue weighted by molar-refractivity contribution is -0.137. The molecule has 2 heterocycles. The zero-order valence-corrected chi connectivity index (χ0v) is 19.5. The van der Waals surface area contributed by atoms with E-state index >= 15 is 0 Å². The largest absolute Gasteiger partial charge is 0.417 e. The first-order valence-electron chi connectivity index (χ1n) is 11.2. The topological polar surface area (TPSA) is 68.6 Å². The van der Waals surface area contributed by atoms with Gasteiger partial charge in [-0.1, -0.05) is 6.07 Å². The number of piperidine rings is 1. The Bertz CT molecular complexity index is 1160. The summed E-state index contributed by atoms with van der Waals surface area (Å²) in [5.41, 5.74) is -0.576. The van der Waals surface area contributed by atoms with Gasteiger partial charge in [0.15, 0.2) is 0 Å². The second-order valence-corrected chi connectivity index (χ2v) is 9.25. The van der Waals surface area contributed by atoms with Crippen LogP contribution >= 0.6 is 0 Å². The van der Waals surface area contributed by atoms with Gasteiger partial charge in [-0.3, -0.25) is 0 Å². The van der Waals surface area contributed by atoms with Gasteiger partial charge in [0.1, 0.15) is 5.82 Å². The number of rotatable bonds is 4. The number of ether oxygens (including phenoxy) is 1. The first-order valence-corrected chi connectivity index (χ1v) is 11.2. The number of urea groups is 1. The average Bonchev–Trinajstić information content (AvgIpc) is 3.19. The summed E-state index contributed by atoms with van der Waals surface area (Å²) in [7, 11) is 1.59. The van der Waals surface area contributed by atoms with Gasteiger partial charge in [0, 0.05) is 61.6 Å². The third-order valence-corrected chi connectivity index (χ3v) is 7.16. The van der Waals surface area contributed by atoms with Gasteiger partial charge < -0.3 is 19.9 Å². The van der Waals surface area contributed by atoms with E-state index in [1.165, 1.54) is 24.3 Å². The number of benzene rings is 2. The van der Waals surface area contributed by atoms with Gasteiger partial charge in [-0.15, -0.1) is 0 Å². The number of methoxy groups -OCH3 is 1. The molecule has 2 aliphatic rings. The summed E-state index contributed by atoms with van der Waals surface area (Å²) >= 11 is 0. The smallest absolute Gasteiger partial charge is 0.384 e. The zero-order valence-electron chi connectivity index (χ0n) is 19.5. The van der Waals surface area contributed by atoms with Crippen molar-refractivity contribution in [3.8, 4) is 6.07 Å². The number of carbonyl (C=O) groups excluding carboxylic acids is 1. The van der Waals surface area contributed by atoms with Gasteiger partial charge in [-0.25, -0.2) is 9.18 Å².